The Balaban J connectivity index is 2.09. The summed E-state index contributed by atoms with van der Waals surface area (Å²) in [6.07, 6.45) is -0.995. The lowest BCUT2D eigenvalue weighted by molar-refractivity contribution is -0.176. The van der Waals surface area contributed by atoms with Crippen LogP contribution in [0.4, 0.5) is 0 Å². The Morgan fingerprint density at radius 3 is 2.32 bits per heavy atom. The van der Waals surface area contributed by atoms with Gasteiger partial charge in [0.05, 0.1) is 26.8 Å². The topological polar surface area (TPSA) is 152 Å². The first-order chi connectivity index (χ1) is 15.9. The minimum Gasteiger partial charge on any atom is -0.467 e. The smallest absolute Gasteiger partial charge is 0.328 e. The van der Waals surface area contributed by atoms with Crippen molar-refractivity contribution in [1.29, 1.82) is 0 Å². The van der Waals surface area contributed by atoms with Gasteiger partial charge in [-0.3, -0.25) is 19.2 Å². The van der Waals surface area contributed by atoms with Crippen molar-refractivity contribution in [2.45, 2.75) is 71.6 Å². The lowest BCUT2D eigenvalue weighted by atomic mass is 10.0. The highest BCUT2D eigenvalue weighted by Crippen LogP contribution is 2.27. The number of nitrogens with one attached hydrogen (secondary N) is 3. The summed E-state index contributed by atoms with van der Waals surface area (Å²) in [6, 6.07) is -2.81. The van der Waals surface area contributed by atoms with Gasteiger partial charge in [0, 0.05) is 6.92 Å². The maximum Gasteiger partial charge on any atom is 0.328 e. The summed E-state index contributed by atoms with van der Waals surface area (Å²) in [5.41, 5.74) is 0. The fraction of sp³-hybridized carbons (Fsp3) is 0.773. The van der Waals surface area contributed by atoms with Gasteiger partial charge < -0.3 is 35.1 Å². The van der Waals surface area contributed by atoms with Crippen molar-refractivity contribution in [2.24, 2.45) is 11.8 Å². The number of morpholine rings is 1. The third-order valence-corrected chi connectivity index (χ3v) is 5.56. The van der Waals surface area contributed by atoms with E-state index in [-0.39, 0.29) is 37.0 Å². The Morgan fingerprint density at radius 1 is 1.09 bits per heavy atom. The average molecular weight is 485 g/mol. The molecule has 2 bridgehead atoms. The number of hydrogen-bond acceptors (Lipinski definition) is 8. The zero-order chi connectivity index (χ0) is 25.6. The summed E-state index contributed by atoms with van der Waals surface area (Å²) in [7, 11) is 1.23. The summed E-state index contributed by atoms with van der Waals surface area (Å²) >= 11 is 0. The zero-order valence-electron chi connectivity index (χ0n) is 20.6. The second-order valence-electron chi connectivity index (χ2n) is 9.31. The quantitative estimate of drug-likeness (QED) is 0.331. The van der Waals surface area contributed by atoms with Gasteiger partial charge in [-0.25, -0.2) is 4.79 Å². The van der Waals surface area contributed by atoms with Gasteiger partial charge in [0.1, 0.15) is 18.2 Å². The molecule has 0 aromatic rings. The molecule has 4 amide bonds. The molecule has 0 aromatic carbocycles. The predicted octanol–water partition coefficient (Wildman–Crippen LogP) is -1.08. The Kier molecular flexibility index (Phi) is 9.80. The van der Waals surface area contributed by atoms with E-state index >= 15 is 0 Å². The number of fused-ring (bicyclic) bond motifs is 2. The molecular weight excluding hydrogens is 448 g/mol. The summed E-state index contributed by atoms with van der Waals surface area (Å²) < 4.78 is 15.9. The van der Waals surface area contributed by atoms with E-state index in [0.717, 1.165) is 0 Å². The number of carbonyl (C=O) groups is 5. The molecule has 3 N–H and O–H groups in total. The molecule has 2 heterocycles. The van der Waals surface area contributed by atoms with Gasteiger partial charge >= 0.3 is 5.97 Å². The van der Waals surface area contributed by atoms with Gasteiger partial charge in [0.15, 0.2) is 12.3 Å². The van der Waals surface area contributed by atoms with Crippen molar-refractivity contribution in [3.8, 4) is 0 Å². The molecule has 0 aromatic heterocycles. The summed E-state index contributed by atoms with van der Waals surface area (Å²) in [6.45, 7) is 8.62. The predicted molar refractivity (Wildman–Crippen MR) is 119 cm³/mol. The molecule has 0 saturated carbocycles. The SMILES string of the molecule is COC(=O)[C@H](CC(C)C)NC(=O)CNC(=O)[C@@H]1[C@H]2OC[C@@H](CN1C(=O)[C@@H](NC(C)=O)C(C)C)O2. The summed E-state index contributed by atoms with van der Waals surface area (Å²) in [4.78, 5) is 63.7. The van der Waals surface area contributed by atoms with E-state index < -0.39 is 54.7 Å². The fourth-order valence-corrected chi connectivity index (χ4v) is 3.96. The van der Waals surface area contributed by atoms with E-state index in [4.69, 9.17) is 14.2 Å². The van der Waals surface area contributed by atoms with Gasteiger partial charge in [0.2, 0.25) is 23.6 Å². The molecule has 0 spiro atoms. The van der Waals surface area contributed by atoms with Crippen LogP contribution in [0.15, 0.2) is 0 Å². The van der Waals surface area contributed by atoms with Crippen LogP contribution in [0.1, 0.15) is 41.0 Å². The number of amides is 4. The molecule has 2 fully saturated rings. The van der Waals surface area contributed by atoms with Crippen LogP contribution in [-0.2, 0) is 38.2 Å². The third kappa shape index (κ3) is 7.13. The Bertz CT molecular complexity index is 787. The van der Waals surface area contributed by atoms with E-state index in [9.17, 15) is 24.0 Å². The number of nitrogens with zero attached hydrogens (tertiary/aromatic N) is 1. The summed E-state index contributed by atoms with van der Waals surface area (Å²) in [5.74, 6) is -2.68. The lowest BCUT2D eigenvalue weighted by Crippen LogP contribution is -2.64. The first-order valence-corrected chi connectivity index (χ1v) is 11.4. The maximum absolute atomic E-state index is 13.3. The van der Waals surface area contributed by atoms with Crippen LogP contribution in [0, 0.1) is 11.8 Å². The average Bonchev–Trinajstić information content (AvgIpc) is 3.14. The Morgan fingerprint density at radius 2 is 1.76 bits per heavy atom. The zero-order valence-corrected chi connectivity index (χ0v) is 20.6. The molecule has 2 aliphatic rings. The van der Waals surface area contributed by atoms with Crippen LogP contribution in [0.2, 0.25) is 0 Å². The first-order valence-electron chi connectivity index (χ1n) is 11.4. The lowest BCUT2D eigenvalue weighted by Gasteiger charge is -2.40. The standard InChI is InChI=1S/C22H36N4O8/c1-11(2)7-15(21(31)32-6)25-16(28)8-23-19(29)18-22-33-10-14(34-22)9-26(18)20(30)17(12(3)4)24-13(5)27/h11-12,14-15,17-18,22H,7-10H2,1-6H3,(H,23,29)(H,24,27)(H,25,28)/t14-,15+,17+,18-,22+/m1/s1. The minimum atomic E-state index is -1.14. The van der Waals surface area contributed by atoms with E-state index in [1.807, 2.05) is 13.8 Å². The summed E-state index contributed by atoms with van der Waals surface area (Å²) in [5, 5.41) is 7.70. The van der Waals surface area contributed by atoms with E-state index in [1.54, 1.807) is 13.8 Å². The number of methoxy groups -OCH3 is 1. The van der Waals surface area contributed by atoms with Gasteiger partial charge in [-0.1, -0.05) is 27.7 Å². The maximum atomic E-state index is 13.3. The van der Waals surface area contributed by atoms with Gasteiger partial charge in [-0.05, 0) is 18.3 Å². The van der Waals surface area contributed by atoms with Crippen LogP contribution in [0.3, 0.4) is 0 Å². The number of carbonyl (C=O) groups excluding carboxylic acids is 5. The van der Waals surface area contributed by atoms with E-state index in [1.165, 1.54) is 18.9 Å². The second-order valence-corrected chi connectivity index (χ2v) is 9.31. The fourth-order valence-electron chi connectivity index (χ4n) is 3.96. The Hall–Kier alpha value is -2.73. The van der Waals surface area contributed by atoms with Crippen LogP contribution < -0.4 is 16.0 Å². The largest absolute Gasteiger partial charge is 0.467 e. The monoisotopic (exact) mass is 484 g/mol. The molecule has 192 valence electrons. The number of hydrogen-bond donors (Lipinski definition) is 3. The van der Waals surface area contributed by atoms with Crippen LogP contribution in [-0.4, -0.2) is 91.8 Å². The molecule has 0 radical (unpaired) electrons. The van der Waals surface area contributed by atoms with Crippen molar-refractivity contribution in [3.05, 3.63) is 0 Å². The van der Waals surface area contributed by atoms with Gasteiger partial charge in [-0.15, -0.1) is 0 Å². The van der Waals surface area contributed by atoms with Crippen molar-refractivity contribution >= 4 is 29.6 Å². The van der Waals surface area contributed by atoms with Gasteiger partial charge in [0.25, 0.3) is 0 Å². The van der Waals surface area contributed by atoms with Crippen LogP contribution in [0.25, 0.3) is 0 Å². The number of ether oxygens (including phenoxy) is 3. The molecule has 34 heavy (non-hydrogen) atoms. The second kappa shape index (κ2) is 12.1. The van der Waals surface area contributed by atoms with E-state index in [2.05, 4.69) is 16.0 Å². The van der Waals surface area contributed by atoms with Gasteiger partial charge in [-0.2, -0.15) is 0 Å². The highest BCUT2D eigenvalue weighted by atomic mass is 16.7. The minimum absolute atomic E-state index is 0.112. The third-order valence-electron chi connectivity index (χ3n) is 5.56. The molecule has 5 atom stereocenters. The van der Waals surface area contributed by atoms with Crippen molar-refractivity contribution in [3.63, 3.8) is 0 Å². The molecule has 12 heteroatoms. The molecular formula is C22H36N4O8. The Labute approximate surface area is 199 Å². The van der Waals surface area contributed by atoms with E-state index in [0.29, 0.717) is 6.42 Å². The van der Waals surface area contributed by atoms with Crippen LogP contribution in [0.5, 0.6) is 0 Å². The molecule has 12 nitrogen and oxygen atoms in total. The first kappa shape index (κ1) is 27.5. The molecule has 2 aliphatic heterocycles. The molecule has 0 unspecified atom stereocenters. The van der Waals surface area contributed by atoms with Crippen molar-refractivity contribution in [1.82, 2.24) is 20.9 Å². The normalized spacial score (nSPS) is 23.3. The number of esters is 1. The number of rotatable bonds is 10. The van der Waals surface area contributed by atoms with Crippen molar-refractivity contribution < 1.29 is 38.2 Å². The molecule has 2 rings (SSSR count). The molecule has 0 aliphatic carbocycles. The van der Waals surface area contributed by atoms with Crippen molar-refractivity contribution in [2.75, 3.05) is 26.8 Å². The highest BCUT2D eigenvalue weighted by molar-refractivity contribution is 5.94. The molecule has 2 saturated heterocycles. The highest BCUT2D eigenvalue weighted by Gasteiger charge is 2.49. The van der Waals surface area contributed by atoms with Crippen LogP contribution >= 0.6 is 0 Å².